The van der Waals surface area contributed by atoms with Gasteiger partial charge in [-0.15, -0.1) is 5.10 Å². The van der Waals surface area contributed by atoms with E-state index in [1.165, 1.54) is 0 Å². The number of benzene rings is 1. The van der Waals surface area contributed by atoms with Gasteiger partial charge in [0.05, 0.1) is 24.4 Å². The molecule has 0 saturated carbocycles. The maximum atomic E-state index is 12.2. The summed E-state index contributed by atoms with van der Waals surface area (Å²) in [5, 5.41) is 21.3. The minimum Gasteiger partial charge on any atom is -0.442 e. The zero-order valence-corrected chi connectivity index (χ0v) is 15.3. The van der Waals surface area contributed by atoms with E-state index in [9.17, 15) is 9.90 Å². The van der Waals surface area contributed by atoms with Crippen LogP contribution in [0.2, 0.25) is 0 Å². The number of aromatic nitrogens is 3. The molecule has 26 heavy (non-hydrogen) atoms. The molecule has 1 amide bonds. The normalized spacial score (nSPS) is 17.6. The Morgan fingerprint density at radius 1 is 1.35 bits per heavy atom. The molecule has 2 N–H and O–H groups in total. The number of cyclic esters (lactones) is 1. The predicted octanol–water partition coefficient (Wildman–Crippen LogP) is 1.29. The summed E-state index contributed by atoms with van der Waals surface area (Å²) >= 11 is 0. The molecule has 1 aliphatic rings. The molecular weight excluding hydrogens is 334 g/mol. The Hall–Kier alpha value is -2.45. The topological polar surface area (TPSA) is 92.5 Å². The number of likely N-dealkylation sites (N-methyl/N-ethyl adjacent to an activating group) is 1. The summed E-state index contributed by atoms with van der Waals surface area (Å²) in [5.74, 6) is 0. The lowest BCUT2D eigenvalue weighted by molar-refractivity contribution is 0.0786. The third kappa shape index (κ3) is 4.20. The molecule has 1 aromatic carbocycles. The average Bonchev–Trinajstić information content (AvgIpc) is 3.19. The number of carbonyl (C=O) groups is 1. The molecule has 8 heteroatoms. The smallest absolute Gasteiger partial charge is 0.414 e. The fraction of sp³-hybridized carbons (Fsp3) is 0.500. The molecule has 0 aliphatic carbocycles. The van der Waals surface area contributed by atoms with Crippen LogP contribution in [-0.4, -0.2) is 52.4 Å². The van der Waals surface area contributed by atoms with Crippen LogP contribution >= 0.6 is 0 Å². The number of nitrogens with one attached hydrogen (secondary N) is 1. The summed E-state index contributed by atoms with van der Waals surface area (Å²) in [7, 11) is 1.89. The molecular formula is C18H25N5O3. The fourth-order valence-electron chi connectivity index (χ4n) is 2.88. The Balaban J connectivity index is 1.62. The molecule has 1 fully saturated rings. The standard InChI is InChI=1S/C18H25N5O3/c1-18(2,25)13-4-6-15(7-5-13)23-12-16(26-17(23)24)11-22-10-14(20-21-22)8-9-19-3/h4-7,10,16,19,25H,8-9,11-12H2,1-3H3. The number of anilines is 1. The third-order valence-corrected chi connectivity index (χ3v) is 4.37. The molecule has 2 heterocycles. The van der Waals surface area contributed by atoms with Crippen LogP contribution in [0.1, 0.15) is 25.1 Å². The van der Waals surface area contributed by atoms with Gasteiger partial charge in [0.15, 0.2) is 0 Å². The first-order valence-corrected chi connectivity index (χ1v) is 8.71. The number of amides is 1. The van der Waals surface area contributed by atoms with Crippen molar-refractivity contribution in [3.63, 3.8) is 0 Å². The highest BCUT2D eigenvalue weighted by atomic mass is 16.6. The summed E-state index contributed by atoms with van der Waals surface area (Å²) in [4.78, 5) is 13.8. The van der Waals surface area contributed by atoms with Crippen molar-refractivity contribution < 1.29 is 14.6 Å². The molecule has 3 rings (SSSR count). The van der Waals surface area contributed by atoms with Crippen molar-refractivity contribution in [2.45, 2.75) is 38.5 Å². The Morgan fingerprint density at radius 2 is 2.08 bits per heavy atom. The van der Waals surface area contributed by atoms with Gasteiger partial charge in [0.25, 0.3) is 0 Å². The molecule has 2 aromatic rings. The fourth-order valence-corrected chi connectivity index (χ4v) is 2.88. The van der Waals surface area contributed by atoms with E-state index < -0.39 is 5.60 Å². The minimum atomic E-state index is -0.912. The molecule has 1 atom stereocenters. The van der Waals surface area contributed by atoms with Gasteiger partial charge in [0.2, 0.25) is 0 Å². The molecule has 0 bridgehead atoms. The number of nitrogens with zero attached hydrogens (tertiary/aromatic N) is 4. The molecule has 1 saturated heterocycles. The van der Waals surface area contributed by atoms with E-state index in [-0.39, 0.29) is 12.2 Å². The van der Waals surface area contributed by atoms with Gasteiger partial charge in [-0.3, -0.25) is 4.90 Å². The van der Waals surface area contributed by atoms with Gasteiger partial charge >= 0.3 is 6.09 Å². The largest absolute Gasteiger partial charge is 0.442 e. The molecule has 140 valence electrons. The van der Waals surface area contributed by atoms with E-state index in [0.717, 1.165) is 29.9 Å². The van der Waals surface area contributed by atoms with Crippen molar-refractivity contribution in [2.75, 3.05) is 25.0 Å². The highest BCUT2D eigenvalue weighted by Gasteiger charge is 2.33. The van der Waals surface area contributed by atoms with E-state index in [4.69, 9.17) is 4.74 Å². The number of aliphatic hydroxyl groups is 1. The second-order valence-electron chi connectivity index (χ2n) is 7.01. The summed E-state index contributed by atoms with van der Waals surface area (Å²) in [6, 6.07) is 7.29. The number of carbonyl (C=O) groups excluding carboxylic acids is 1. The molecule has 0 radical (unpaired) electrons. The lowest BCUT2D eigenvalue weighted by Crippen LogP contribution is -2.26. The van der Waals surface area contributed by atoms with Crippen LogP contribution < -0.4 is 10.2 Å². The monoisotopic (exact) mass is 359 g/mol. The highest BCUT2D eigenvalue weighted by Crippen LogP contribution is 2.26. The molecule has 1 aromatic heterocycles. The predicted molar refractivity (Wildman–Crippen MR) is 97.0 cm³/mol. The number of hydrogen-bond acceptors (Lipinski definition) is 6. The average molecular weight is 359 g/mol. The maximum absolute atomic E-state index is 12.2. The summed E-state index contributed by atoms with van der Waals surface area (Å²) in [6.45, 7) is 5.21. The maximum Gasteiger partial charge on any atom is 0.414 e. The lowest BCUT2D eigenvalue weighted by atomic mass is 9.98. The van der Waals surface area contributed by atoms with Crippen LogP contribution in [0.4, 0.5) is 10.5 Å². The van der Waals surface area contributed by atoms with E-state index in [1.807, 2.05) is 37.5 Å². The van der Waals surface area contributed by atoms with Gasteiger partial charge in [-0.05, 0) is 38.6 Å². The number of hydrogen-bond donors (Lipinski definition) is 2. The highest BCUT2D eigenvalue weighted by molar-refractivity contribution is 5.89. The first kappa shape index (κ1) is 18.3. The lowest BCUT2D eigenvalue weighted by Gasteiger charge is -2.19. The third-order valence-electron chi connectivity index (χ3n) is 4.37. The first-order chi connectivity index (χ1) is 12.4. The van der Waals surface area contributed by atoms with Gasteiger partial charge in [-0.25, -0.2) is 9.48 Å². The van der Waals surface area contributed by atoms with Crippen LogP contribution in [0.5, 0.6) is 0 Å². The van der Waals surface area contributed by atoms with Crippen LogP contribution in [0.3, 0.4) is 0 Å². The quantitative estimate of drug-likeness (QED) is 0.774. The van der Waals surface area contributed by atoms with Crippen LogP contribution in [-0.2, 0) is 23.3 Å². The molecule has 8 nitrogen and oxygen atoms in total. The van der Waals surface area contributed by atoms with E-state index in [0.29, 0.717) is 13.1 Å². The van der Waals surface area contributed by atoms with E-state index >= 15 is 0 Å². The van der Waals surface area contributed by atoms with Crippen molar-refractivity contribution in [2.24, 2.45) is 0 Å². The first-order valence-electron chi connectivity index (χ1n) is 8.71. The second kappa shape index (κ2) is 7.43. The number of ether oxygens (including phenoxy) is 1. The summed E-state index contributed by atoms with van der Waals surface area (Å²) in [6.07, 6.45) is 2.03. The Morgan fingerprint density at radius 3 is 2.73 bits per heavy atom. The van der Waals surface area contributed by atoms with Gasteiger partial charge in [-0.1, -0.05) is 17.3 Å². The van der Waals surface area contributed by atoms with Gasteiger partial charge in [0, 0.05) is 24.8 Å². The van der Waals surface area contributed by atoms with Gasteiger partial charge < -0.3 is 15.2 Å². The Labute approximate surface area is 152 Å². The van der Waals surface area contributed by atoms with Crippen molar-refractivity contribution in [3.8, 4) is 0 Å². The zero-order chi connectivity index (χ0) is 18.7. The van der Waals surface area contributed by atoms with Crippen molar-refractivity contribution >= 4 is 11.8 Å². The van der Waals surface area contributed by atoms with Crippen LogP contribution in [0, 0.1) is 0 Å². The second-order valence-corrected chi connectivity index (χ2v) is 7.01. The van der Waals surface area contributed by atoms with Crippen molar-refractivity contribution in [3.05, 3.63) is 41.7 Å². The van der Waals surface area contributed by atoms with Gasteiger partial charge in [-0.2, -0.15) is 0 Å². The SMILES string of the molecule is CNCCc1cn(CC2CN(c3ccc(C(C)(C)O)cc3)C(=O)O2)nn1. The minimum absolute atomic E-state index is 0.282. The van der Waals surface area contributed by atoms with Gasteiger partial charge in [0.1, 0.15) is 6.10 Å². The summed E-state index contributed by atoms with van der Waals surface area (Å²) < 4.78 is 7.17. The van der Waals surface area contributed by atoms with Crippen LogP contribution in [0.25, 0.3) is 0 Å². The Bertz CT molecular complexity index is 751. The van der Waals surface area contributed by atoms with E-state index in [2.05, 4.69) is 15.6 Å². The molecule has 0 spiro atoms. The summed E-state index contributed by atoms with van der Waals surface area (Å²) in [5.41, 5.74) is 1.54. The Kier molecular flexibility index (Phi) is 5.24. The zero-order valence-electron chi connectivity index (χ0n) is 15.3. The molecule has 1 unspecified atom stereocenters. The van der Waals surface area contributed by atoms with Crippen LogP contribution in [0.15, 0.2) is 30.5 Å². The van der Waals surface area contributed by atoms with E-state index in [1.54, 1.807) is 23.4 Å². The number of rotatable bonds is 7. The molecule has 1 aliphatic heterocycles. The van der Waals surface area contributed by atoms with Crippen molar-refractivity contribution in [1.29, 1.82) is 0 Å². The van der Waals surface area contributed by atoms with Crippen molar-refractivity contribution in [1.82, 2.24) is 20.3 Å².